The van der Waals surface area contributed by atoms with E-state index in [9.17, 15) is 9.59 Å². The molecule has 1 aliphatic rings. The average Bonchev–Trinajstić information content (AvgIpc) is 2.40. The average molecular weight is 232 g/mol. The van der Waals surface area contributed by atoms with E-state index in [0.29, 0.717) is 25.4 Å². The van der Waals surface area contributed by atoms with Gasteiger partial charge in [0.25, 0.3) is 0 Å². The summed E-state index contributed by atoms with van der Waals surface area (Å²) in [6, 6.07) is 6.86. The lowest BCUT2D eigenvalue weighted by Gasteiger charge is -2.34. The number of anilines is 1. The Morgan fingerprint density at radius 2 is 2.18 bits per heavy atom. The molecular formula is C12H12N2O3. The maximum atomic E-state index is 10.9. The molecule has 0 bridgehead atoms. The number of isocyanates is 1. The molecule has 0 spiro atoms. The number of aliphatic imine (C=N–C) groups is 1. The van der Waals surface area contributed by atoms with Crippen molar-refractivity contribution in [3.05, 3.63) is 24.3 Å². The molecule has 0 radical (unpaired) electrons. The molecule has 0 aliphatic carbocycles. The Labute approximate surface area is 98.7 Å². The summed E-state index contributed by atoms with van der Waals surface area (Å²) in [4.78, 5) is 26.5. The number of nitrogens with zero attached hydrogens (tertiary/aromatic N) is 2. The van der Waals surface area contributed by atoms with Crippen molar-refractivity contribution in [1.82, 2.24) is 0 Å². The SMILES string of the molecule is O=C=Nc1ccc(N2CCOCC2C=O)cc1. The van der Waals surface area contributed by atoms with Crippen LogP contribution in [-0.2, 0) is 14.3 Å². The van der Waals surface area contributed by atoms with E-state index in [1.54, 1.807) is 12.1 Å². The first-order valence-corrected chi connectivity index (χ1v) is 5.33. The first-order chi connectivity index (χ1) is 8.35. The number of aldehydes is 1. The van der Waals surface area contributed by atoms with Crippen LogP contribution in [0.5, 0.6) is 0 Å². The van der Waals surface area contributed by atoms with Crippen molar-refractivity contribution in [3.8, 4) is 0 Å². The van der Waals surface area contributed by atoms with E-state index in [1.165, 1.54) is 6.08 Å². The van der Waals surface area contributed by atoms with Gasteiger partial charge in [0.1, 0.15) is 12.3 Å². The van der Waals surface area contributed by atoms with Crippen LogP contribution in [0.3, 0.4) is 0 Å². The van der Waals surface area contributed by atoms with Crippen LogP contribution < -0.4 is 4.90 Å². The smallest absolute Gasteiger partial charge is 0.240 e. The summed E-state index contributed by atoms with van der Waals surface area (Å²) in [5.41, 5.74) is 1.48. The van der Waals surface area contributed by atoms with Crippen molar-refractivity contribution >= 4 is 23.7 Å². The molecule has 1 aromatic carbocycles. The third-order valence-corrected chi connectivity index (χ3v) is 2.68. The summed E-state index contributed by atoms with van der Waals surface area (Å²) >= 11 is 0. The quantitative estimate of drug-likeness (QED) is 0.444. The largest absolute Gasteiger partial charge is 0.377 e. The van der Waals surface area contributed by atoms with Crippen LogP contribution in [0.15, 0.2) is 29.3 Å². The zero-order valence-electron chi connectivity index (χ0n) is 9.20. The highest BCUT2D eigenvalue weighted by Crippen LogP contribution is 2.22. The van der Waals surface area contributed by atoms with Crippen LogP contribution in [0.1, 0.15) is 0 Å². The van der Waals surface area contributed by atoms with Crippen molar-refractivity contribution in [3.63, 3.8) is 0 Å². The van der Waals surface area contributed by atoms with Crippen LogP contribution in [0.4, 0.5) is 11.4 Å². The lowest BCUT2D eigenvalue weighted by Crippen LogP contribution is -2.46. The van der Waals surface area contributed by atoms with Crippen LogP contribution in [0.25, 0.3) is 0 Å². The second-order valence-corrected chi connectivity index (χ2v) is 3.69. The lowest BCUT2D eigenvalue weighted by molar-refractivity contribution is -0.111. The third kappa shape index (κ3) is 2.58. The van der Waals surface area contributed by atoms with Gasteiger partial charge < -0.3 is 14.4 Å². The Morgan fingerprint density at radius 1 is 1.41 bits per heavy atom. The van der Waals surface area contributed by atoms with Crippen LogP contribution >= 0.6 is 0 Å². The summed E-state index contributed by atoms with van der Waals surface area (Å²) < 4.78 is 5.24. The Morgan fingerprint density at radius 3 is 2.82 bits per heavy atom. The molecule has 1 aromatic rings. The molecule has 1 saturated heterocycles. The molecule has 2 rings (SSSR count). The summed E-state index contributed by atoms with van der Waals surface area (Å²) in [5.74, 6) is 0. The monoisotopic (exact) mass is 232 g/mol. The molecule has 1 unspecified atom stereocenters. The molecule has 1 heterocycles. The molecule has 1 atom stereocenters. The molecule has 1 fully saturated rings. The number of carbonyl (C=O) groups is 1. The highest BCUT2D eigenvalue weighted by Gasteiger charge is 2.22. The van der Waals surface area contributed by atoms with E-state index < -0.39 is 0 Å². The van der Waals surface area contributed by atoms with Crippen molar-refractivity contribution in [2.45, 2.75) is 6.04 Å². The Kier molecular flexibility index (Phi) is 3.65. The standard InChI is InChI=1S/C12H12N2O3/c15-7-12-8-17-6-5-14(12)11-3-1-10(2-4-11)13-9-16/h1-4,7,12H,5-6,8H2. The van der Waals surface area contributed by atoms with Crippen LogP contribution in [0.2, 0.25) is 0 Å². The van der Waals surface area contributed by atoms with Gasteiger partial charge in [0, 0.05) is 12.2 Å². The predicted molar refractivity (Wildman–Crippen MR) is 62.2 cm³/mol. The van der Waals surface area contributed by atoms with Gasteiger partial charge in [-0.05, 0) is 24.3 Å². The fourth-order valence-electron chi connectivity index (χ4n) is 1.83. The minimum absolute atomic E-state index is 0.246. The first kappa shape index (κ1) is 11.5. The zero-order chi connectivity index (χ0) is 12.1. The molecule has 5 heteroatoms. The highest BCUT2D eigenvalue weighted by molar-refractivity contribution is 5.67. The summed E-state index contributed by atoms with van der Waals surface area (Å²) in [7, 11) is 0. The van der Waals surface area contributed by atoms with E-state index in [2.05, 4.69) is 4.99 Å². The topological polar surface area (TPSA) is 59.0 Å². The third-order valence-electron chi connectivity index (χ3n) is 2.68. The van der Waals surface area contributed by atoms with Crippen molar-refractivity contribution < 1.29 is 14.3 Å². The van der Waals surface area contributed by atoms with Gasteiger partial charge in [-0.25, -0.2) is 4.79 Å². The number of benzene rings is 1. The van der Waals surface area contributed by atoms with Gasteiger partial charge in [0.15, 0.2) is 0 Å². The fraction of sp³-hybridized carbons (Fsp3) is 0.333. The maximum absolute atomic E-state index is 10.9. The van der Waals surface area contributed by atoms with Crippen molar-refractivity contribution in [2.75, 3.05) is 24.7 Å². The number of ether oxygens (including phenoxy) is 1. The number of hydrogen-bond donors (Lipinski definition) is 0. The maximum Gasteiger partial charge on any atom is 0.240 e. The molecule has 1 aliphatic heterocycles. The molecule has 0 N–H and O–H groups in total. The van der Waals surface area contributed by atoms with Gasteiger partial charge in [-0.3, -0.25) is 0 Å². The van der Waals surface area contributed by atoms with Crippen molar-refractivity contribution in [1.29, 1.82) is 0 Å². The van der Waals surface area contributed by atoms with Crippen molar-refractivity contribution in [2.24, 2.45) is 4.99 Å². The summed E-state index contributed by atoms with van der Waals surface area (Å²) in [6.07, 6.45) is 2.37. The molecule has 0 amide bonds. The Bertz CT molecular complexity index is 438. The molecule has 88 valence electrons. The second-order valence-electron chi connectivity index (χ2n) is 3.69. The van der Waals surface area contributed by atoms with Gasteiger partial charge in [-0.1, -0.05) is 0 Å². The van der Waals surface area contributed by atoms with E-state index in [1.807, 2.05) is 17.0 Å². The summed E-state index contributed by atoms with van der Waals surface area (Å²) in [5, 5.41) is 0. The van der Waals surface area contributed by atoms with Gasteiger partial charge >= 0.3 is 0 Å². The number of rotatable bonds is 3. The van der Waals surface area contributed by atoms with Crippen LogP contribution in [-0.4, -0.2) is 38.2 Å². The second kappa shape index (κ2) is 5.39. The van der Waals surface area contributed by atoms with E-state index >= 15 is 0 Å². The number of carbonyl (C=O) groups excluding carboxylic acids is 2. The first-order valence-electron chi connectivity index (χ1n) is 5.33. The zero-order valence-corrected chi connectivity index (χ0v) is 9.20. The van der Waals surface area contributed by atoms with Gasteiger partial charge in [-0.15, -0.1) is 0 Å². The minimum atomic E-state index is -0.246. The van der Waals surface area contributed by atoms with E-state index in [0.717, 1.165) is 12.0 Å². The molecule has 17 heavy (non-hydrogen) atoms. The summed E-state index contributed by atoms with van der Waals surface area (Å²) in [6.45, 7) is 1.70. The minimum Gasteiger partial charge on any atom is -0.377 e. The molecule has 0 saturated carbocycles. The fourth-order valence-corrected chi connectivity index (χ4v) is 1.83. The number of morpholine rings is 1. The Balaban J connectivity index is 2.20. The van der Waals surface area contributed by atoms with Gasteiger partial charge in [0.2, 0.25) is 6.08 Å². The Hall–Kier alpha value is -1.97. The van der Waals surface area contributed by atoms with Crippen LogP contribution in [0, 0.1) is 0 Å². The van der Waals surface area contributed by atoms with Gasteiger partial charge in [-0.2, -0.15) is 4.99 Å². The molecular weight excluding hydrogens is 220 g/mol. The molecule has 0 aromatic heterocycles. The lowest BCUT2D eigenvalue weighted by atomic mass is 10.2. The van der Waals surface area contributed by atoms with E-state index in [-0.39, 0.29) is 6.04 Å². The van der Waals surface area contributed by atoms with E-state index in [4.69, 9.17) is 4.74 Å². The van der Waals surface area contributed by atoms with Gasteiger partial charge in [0.05, 0.1) is 18.9 Å². The highest BCUT2D eigenvalue weighted by atomic mass is 16.5. The molecule has 5 nitrogen and oxygen atoms in total. The predicted octanol–water partition coefficient (Wildman–Crippen LogP) is 1.06. The normalized spacial score (nSPS) is 19.5. The number of hydrogen-bond acceptors (Lipinski definition) is 5.